The van der Waals surface area contributed by atoms with Crippen molar-refractivity contribution < 1.29 is 5.11 Å². The summed E-state index contributed by atoms with van der Waals surface area (Å²) in [5.41, 5.74) is 0. The summed E-state index contributed by atoms with van der Waals surface area (Å²) in [6, 6.07) is 4.35. The van der Waals surface area contributed by atoms with Gasteiger partial charge in [0.05, 0.1) is 6.10 Å². The van der Waals surface area contributed by atoms with Gasteiger partial charge in [-0.15, -0.1) is 11.3 Å². The standard InChI is InChI=1S/C13H23NOS/c1-4-10(2)9-14-11(3)8-12(15)13-6-5-7-16-13/h5-7,10-12,14-15H,4,8-9H2,1-3H3. The molecule has 0 bridgehead atoms. The molecule has 1 heterocycles. The van der Waals surface area contributed by atoms with Gasteiger partial charge in [0.25, 0.3) is 0 Å². The van der Waals surface area contributed by atoms with Crippen molar-refractivity contribution in [3.05, 3.63) is 22.4 Å². The fourth-order valence-electron chi connectivity index (χ4n) is 1.56. The molecule has 2 N–H and O–H groups in total. The highest BCUT2D eigenvalue weighted by atomic mass is 32.1. The van der Waals surface area contributed by atoms with Gasteiger partial charge in [-0.1, -0.05) is 26.3 Å². The molecule has 0 saturated heterocycles. The third-order valence-electron chi connectivity index (χ3n) is 2.96. The highest BCUT2D eigenvalue weighted by Crippen LogP contribution is 2.22. The summed E-state index contributed by atoms with van der Waals surface area (Å²) < 4.78 is 0. The first kappa shape index (κ1) is 13.7. The monoisotopic (exact) mass is 241 g/mol. The third kappa shape index (κ3) is 4.64. The normalized spacial score (nSPS) is 17.0. The van der Waals surface area contributed by atoms with Crippen molar-refractivity contribution in [2.24, 2.45) is 5.92 Å². The molecule has 0 fully saturated rings. The Balaban J connectivity index is 2.26. The molecule has 0 radical (unpaired) electrons. The lowest BCUT2D eigenvalue weighted by Crippen LogP contribution is -2.31. The summed E-state index contributed by atoms with van der Waals surface area (Å²) in [4.78, 5) is 1.07. The van der Waals surface area contributed by atoms with Crippen molar-refractivity contribution in [3.8, 4) is 0 Å². The lowest BCUT2D eigenvalue weighted by Gasteiger charge is -2.19. The minimum Gasteiger partial charge on any atom is -0.388 e. The summed E-state index contributed by atoms with van der Waals surface area (Å²) in [5, 5.41) is 15.5. The highest BCUT2D eigenvalue weighted by molar-refractivity contribution is 7.10. The van der Waals surface area contributed by atoms with Crippen LogP contribution < -0.4 is 5.32 Å². The zero-order valence-corrected chi connectivity index (χ0v) is 11.3. The van der Waals surface area contributed by atoms with Crippen LogP contribution >= 0.6 is 11.3 Å². The Morgan fingerprint density at radius 1 is 1.44 bits per heavy atom. The average Bonchev–Trinajstić information content (AvgIpc) is 2.79. The maximum Gasteiger partial charge on any atom is 0.0896 e. The second kappa shape index (κ2) is 7.05. The zero-order valence-electron chi connectivity index (χ0n) is 10.4. The predicted octanol–water partition coefficient (Wildman–Crippen LogP) is 3.20. The molecule has 1 aromatic rings. The molecule has 0 amide bonds. The molecular formula is C13H23NOS. The van der Waals surface area contributed by atoms with Crippen LogP contribution in [0.1, 0.15) is 44.6 Å². The molecule has 3 atom stereocenters. The van der Waals surface area contributed by atoms with Crippen LogP contribution in [-0.2, 0) is 0 Å². The van der Waals surface area contributed by atoms with Gasteiger partial charge in [0.2, 0.25) is 0 Å². The van der Waals surface area contributed by atoms with Crippen LogP contribution in [0.2, 0.25) is 0 Å². The molecule has 0 aliphatic heterocycles. The smallest absolute Gasteiger partial charge is 0.0896 e. The van der Waals surface area contributed by atoms with E-state index < -0.39 is 0 Å². The van der Waals surface area contributed by atoms with Gasteiger partial charge in [0.1, 0.15) is 0 Å². The lowest BCUT2D eigenvalue weighted by atomic mass is 10.1. The second-order valence-electron chi connectivity index (χ2n) is 4.59. The molecule has 1 rings (SSSR count). The van der Waals surface area contributed by atoms with Gasteiger partial charge in [-0.2, -0.15) is 0 Å². The van der Waals surface area contributed by atoms with E-state index in [0.717, 1.165) is 17.8 Å². The van der Waals surface area contributed by atoms with Gasteiger partial charge < -0.3 is 10.4 Å². The minimum absolute atomic E-state index is 0.320. The summed E-state index contributed by atoms with van der Waals surface area (Å²) >= 11 is 1.62. The molecule has 0 saturated carbocycles. The number of hydrogen-bond donors (Lipinski definition) is 2. The number of aliphatic hydroxyl groups excluding tert-OH is 1. The van der Waals surface area contributed by atoms with Gasteiger partial charge in [-0.3, -0.25) is 0 Å². The van der Waals surface area contributed by atoms with E-state index in [1.54, 1.807) is 11.3 Å². The van der Waals surface area contributed by atoms with Crippen LogP contribution in [0.3, 0.4) is 0 Å². The molecule has 0 spiro atoms. The predicted molar refractivity (Wildman–Crippen MR) is 70.8 cm³/mol. The third-order valence-corrected chi connectivity index (χ3v) is 3.93. The number of rotatable bonds is 7. The first-order chi connectivity index (χ1) is 7.63. The molecule has 1 aromatic heterocycles. The average molecular weight is 241 g/mol. The molecular weight excluding hydrogens is 218 g/mol. The van der Waals surface area contributed by atoms with Crippen LogP contribution in [0.25, 0.3) is 0 Å². The van der Waals surface area contributed by atoms with Gasteiger partial charge in [-0.25, -0.2) is 0 Å². The highest BCUT2D eigenvalue weighted by Gasteiger charge is 2.13. The van der Waals surface area contributed by atoms with E-state index in [9.17, 15) is 5.11 Å². The number of aliphatic hydroxyl groups is 1. The van der Waals surface area contributed by atoms with E-state index in [-0.39, 0.29) is 6.10 Å². The van der Waals surface area contributed by atoms with Crippen LogP contribution in [0.4, 0.5) is 0 Å². The van der Waals surface area contributed by atoms with Crippen molar-refractivity contribution in [2.75, 3.05) is 6.54 Å². The Hall–Kier alpha value is -0.380. The quantitative estimate of drug-likeness (QED) is 0.768. The summed E-state index contributed by atoms with van der Waals surface area (Å²) in [6.45, 7) is 7.63. The topological polar surface area (TPSA) is 32.3 Å². The van der Waals surface area contributed by atoms with Crippen molar-refractivity contribution in [2.45, 2.75) is 45.8 Å². The van der Waals surface area contributed by atoms with Gasteiger partial charge in [0, 0.05) is 10.9 Å². The van der Waals surface area contributed by atoms with Gasteiger partial charge in [0.15, 0.2) is 0 Å². The second-order valence-corrected chi connectivity index (χ2v) is 5.57. The molecule has 92 valence electrons. The molecule has 16 heavy (non-hydrogen) atoms. The van der Waals surface area contributed by atoms with Crippen LogP contribution in [0, 0.1) is 5.92 Å². The summed E-state index contributed by atoms with van der Waals surface area (Å²) in [5.74, 6) is 0.710. The van der Waals surface area contributed by atoms with E-state index >= 15 is 0 Å². The fraction of sp³-hybridized carbons (Fsp3) is 0.692. The van der Waals surface area contributed by atoms with Crippen LogP contribution in [0.15, 0.2) is 17.5 Å². The SMILES string of the molecule is CCC(C)CNC(C)CC(O)c1cccs1. The lowest BCUT2D eigenvalue weighted by molar-refractivity contribution is 0.156. The summed E-state index contributed by atoms with van der Waals surface area (Å²) in [7, 11) is 0. The van der Waals surface area contributed by atoms with E-state index in [2.05, 4.69) is 26.1 Å². The van der Waals surface area contributed by atoms with E-state index in [4.69, 9.17) is 0 Å². The van der Waals surface area contributed by atoms with E-state index in [1.165, 1.54) is 6.42 Å². The van der Waals surface area contributed by atoms with Crippen LogP contribution in [0.5, 0.6) is 0 Å². The van der Waals surface area contributed by atoms with Crippen molar-refractivity contribution in [3.63, 3.8) is 0 Å². The van der Waals surface area contributed by atoms with Crippen molar-refractivity contribution in [1.82, 2.24) is 5.32 Å². The number of thiophene rings is 1. The Morgan fingerprint density at radius 3 is 2.75 bits per heavy atom. The summed E-state index contributed by atoms with van der Waals surface area (Å²) in [6.07, 6.45) is 1.67. The van der Waals surface area contributed by atoms with E-state index in [0.29, 0.717) is 12.0 Å². The maximum atomic E-state index is 9.97. The van der Waals surface area contributed by atoms with Gasteiger partial charge in [-0.05, 0) is 37.3 Å². The Bertz CT molecular complexity index is 273. The molecule has 3 heteroatoms. The molecule has 3 unspecified atom stereocenters. The molecule has 0 aromatic carbocycles. The molecule has 0 aliphatic rings. The zero-order chi connectivity index (χ0) is 12.0. The Morgan fingerprint density at radius 2 is 2.19 bits per heavy atom. The Labute approximate surface area is 103 Å². The number of hydrogen-bond acceptors (Lipinski definition) is 3. The first-order valence-electron chi connectivity index (χ1n) is 6.08. The van der Waals surface area contributed by atoms with Crippen LogP contribution in [-0.4, -0.2) is 17.7 Å². The van der Waals surface area contributed by atoms with E-state index in [1.807, 2.05) is 17.5 Å². The van der Waals surface area contributed by atoms with Crippen molar-refractivity contribution in [1.29, 1.82) is 0 Å². The molecule has 0 aliphatic carbocycles. The van der Waals surface area contributed by atoms with Crippen molar-refractivity contribution >= 4 is 11.3 Å². The minimum atomic E-state index is -0.320. The largest absolute Gasteiger partial charge is 0.388 e. The molecule has 2 nitrogen and oxygen atoms in total. The number of nitrogens with one attached hydrogen (secondary N) is 1. The fourth-order valence-corrected chi connectivity index (χ4v) is 2.29. The maximum absolute atomic E-state index is 9.97. The Kier molecular flexibility index (Phi) is 6.03. The van der Waals surface area contributed by atoms with Gasteiger partial charge >= 0.3 is 0 Å². The first-order valence-corrected chi connectivity index (χ1v) is 6.96.